The summed E-state index contributed by atoms with van der Waals surface area (Å²) in [5.41, 5.74) is 0.685. The molecule has 136 valence electrons. The second kappa shape index (κ2) is 8.82. The molecule has 0 bridgehead atoms. The molecule has 1 aliphatic heterocycles. The number of nitrogens with one attached hydrogen (secondary N) is 1. The Labute approximate surface area is 155 Å². The Hall–Kier alpha value is -1.38. The van der Waals surface area contributed by atoms with Crippen molar-refractivity contribution in [3.63, 3.8) is 0 Å². The summed E-state index contributed by atoms with van der Waals surface area (Å²) in [5, 5.41) is 5.20. The highest BCUT2D eigenvalue weighted by Gasteiger charge is 2.24. The van der Waals surface area contributed by atoms with Crippen molar-refractivity contribution >= 4 is 34.0 Å². The number of piperidine rings is 1. The average molecular weight is 381 g/mol. The van der Waals surface area contributed by atoms with E-state index in [1.54, 1.807) is 16.7 Å². The van der Waals surface area contributed by atoms with Crippen molar-refractivity contribution in [3.8, 4) is 0 Å². The van der Waals surface area contributed by atoms with Crippen molar-refractivity contribution in [1.82, 2.24) is 19.6 Å². The van der Waals surface area contributed by atoms with Gasteiger partial charge in [-0.05, 0) is 32.4 Å². The van der Waals surface area contributed by atoms with Crippen molar-refractivity contribution in [2.75, 3.05) is 25.4 Å². The Balaban J connectivity index is 1.57. The molecule has 0 radical (unpaired) electrons. The minimum atomic E-state index is -0.0597. The van der Waals surface area contributed by atoms with Crippen LogP contribution in [0.1, 0.15) is 31.9 Å². The van der Waals surface area contributed by atoms with Crippen LogP contribution in [0.15, 0.2) is 22.4 Å². The number of amides is 1. The Morgan fingerprint density at radius 1 is 1.48 bits per heavy atom. The third-order valence-corrected chi connectivity index (χ3v) is 6.07. The fourth-order valence-electron chi connectivity index (χ4n) is 3.16. The summed E-state index contributed by atoms with van der Waals surface area (Å²) >= 11 is 2.99. The molecule has 25 heavy (non-hydrogen) atoms. The first-order valence-corrected chi connectivity index (χ1v) is 10.8. The molecule has 1 fully saturated rings. The highest BCUT2D eigenvalue weighted by Crippen LogP contribution is 2.17. The molecule has 1 saturated heterocycles. The number of fused-ring (bicyclic) bond motifs is 1. The molecule has 0 aliphatic carbocycles. The Bertz CT molecular complexity index is 767. The summed E-state index contributed by atoms with van der Waals surface area (Å²) in [6, 6.07) is 1.92. The van der Waals surface area contributed by atoms with Crippen LogP contribution < -0.4 is 10.9 Å². The zero-order valence-electron chi connectivity index (χ0n) is 14.4. The fourth-order valence-corrected chi connectivity index (χ4v) is 4.70. The van der Waals surface area contributed by atoms with Crippen molar-refractivity contribution < 1.29 is 4.79 Å². The first-order chi connectivity index (χ1) is 12.2. The summed E-state index contributed by atoms with van der Waals surface area (Å²) < 4.78 is 1.55. The van der Waals surface area contributed by atoms with Crippen molar-refractivity contribution in [1.29, 1.82) is 0 Å². The van der Waals surface area contributed by atoms with E-state index in [9.17, 15) is 9.59 Å². The molecule has 6 nitrogen and oxygen atoms in total. The van der Waals surface area contributed by atoms with Crippen LogP contribution in [-0.4, -0.2) is 51.6 Å². The first-order valence-electron chi connectivity index (χ1n) is 8.72. The molecular formula is C17H24N4O2S2. The number of aromatic nitrogens is 2. The van der Waals surface area contributed by atoms with E-state index in [1.807, 2.05) is 5.38 Å². The van der Waals surface area contributed by atoms with E-state index in [0.717, 1.165) is 44.6 Å². The number of rotatable bonds is 7. The van der Waals surface area contributed by atoms with Crippen LogP contribution in [0.3, 0.4) is 0 Å². The largest absolute Gasteiger partial charge is 0.339 e. The van der Waals surface area contributed by atoms with E-state index in [0.29, 0.717) is 22.5 Å². The van der Waals surface area contributed by atoms with Gasteiger partial charge in [0, 0.05) is 36.0 Å². The molecule has 3 rings (SSSR count). The number of nitrogens with zero attached hydrogens (tertiary/aromatic N) is 3. The summed E-state index contributed by atoms with van der Waals surface area (Å²) in [6.45, 7) is 4.91. The van der Waals surface area contributed by atoms with Crippen LogP contribution in [-0.2, 0) is 10.5 Å². The van der Waals surface area contributed by atoms with Gasteiger partial charge in [-0.2, -0.15) is 0 Å². The summed E-state index contributed by atoms with van der Waals surface area (Å²) in [6.07, 6.45) is 4.78. The maximum atomic E-state index is 12.7. The third-order valence-electron chi connectivity index (χ3n) is 4.37. The van der Waals surface area contributed by atoms with E-state index < -0.39 is 0 Å². The van der Waals surface area contributed by atoms with E-state index >= 15 is 0 Å². The number of thiazole rings is 1. The molecule has 0 atom stereocenters. The third kappa shape index (κ3) is 4.62. The van der Waals surface area contributed by atoms with E-state index in [4.69, 9.17) is 0 Å². The Kier molecular flexibility index (Phi) is 6.50. The molecule has 1 N–H and O–H groups in total. The molecular weight excluding hydrogens is 356 g/mol. The summed E-state index contributed by atoms with van der Waals surface area (Å²) in [4.78, 5) is 31.9. The minimum Gasteiger partial charge on any atom is -0.339 e. The number of hydrogen-bond donors (Lipinski definition) is 1. The molecule has 3 heterocycles. The van der Waals surface area contributed by atoms with E-state index in [-0.39, 0.29) is 11.5 Å². The maximum absolute atomic E-state index is 12.7. The standard InChI is InChI=1S/C17H24N4O2S2/c1-2-7-20(14-3-5-18-6-4-14)16(23)12-24-11-13-10-15(22)21-8-9-25-17(21)19-13/h8-10,14,18H,2-7,11-12H2,1H3. The highest BCUT2D eigenvalue weighted by atomic mass is 32.2. The maximum Gasteiger partial charge on any atom is 0.258 e. The van der Waals surface area contributed by atoms with Gasteiger partial charge in [-0.3, -0.25) is 14.0 Å². The second-order valence-electron chi connectivity index (χ2n) is 6.20. The molecule has 0 saturated carbocycles. The highest BCUT2D eigenvalue weighted by molar-refractivity contribution is 7.99. The SMILES string of the molecule is CCCN(C(=O)CSCc1cc(=O)n2ccsc2n1)C1CCNCC1. The van der Waals surface area contributed by atoms with E-state index in [2.05, 4.69) is 22.1 Å². The zero-order chi connectivity index (χ0) is 17.6. The molecule has 2 aromatic rings. The van der Waals surface area contributed by atoms with E-state index in [1.165, 1.54) is 23.1 Å². The van der Waals surface area contributed by atoms with Crippen LogP contribution in [0.4, 0.5) is 0 Å². The normalized spacial score (nSPS) is 15.6. The van der Waals surface area contributed by atoms with Crippen molar-refractivity contribution in [2.45, 2.75) is 38.0 Å². The quantitative estimate of drug-likeness (QED) is 0.796. The van der Waals surface area contributed by atoms with Gasteiger partial charge in [-0.1, -0.05) is 6.92 Å². The van der Waals surface area contributed by atoms with Gasteiger partial charge < -0.3 is 10.2 Å². The first kappa shape index (κ1) is 18.4. The molecule has 2 aromatic heterocycles. The number of carbonyl (C=O) groups excluding carboxylic acids is 1. The zero-order valence-corrected chi connectivity index (χ0v) is 16.1. The number of carbonyl (C=O) groups is 1. The average Bonchev–Trinajstić information content (AvgIpc) is 3.09. The lowest BCUT2D eigenvalue weighted by Gasteiger charge is -2.34. The second-order valence-corrected chi connectivity index (χ2v) is 8.06. The lowest BCUT2D eigenvalue weighted by atomic mass is 10.0. The van der Waals surface area contributed by atoms with Crippen LogP contribution in [0.25, 0.3) is 4.96 Å². The van der Waals surface area contributed by atoms with Gasteiger partial charge in [0.2, 0.25) is 5.91 Å². The van der Waals surface area contributed by atoms with Crippen molar-refractivity contribution in [2.24, 2.45) is 0 Å². The topological polar surface area (TPSA) is 66.7 Å². The monoisotopic (exact) mass is 380 g/mol. The lowest BCUT2D eigenvalue weighted by molar-refractivity contribution is -0.131. The van der Waals surface area contributed by atoms with Gasteiger partial charge >= 0.3 is 0 Å². The molecule has 8 heteroatoms. The molecule has 0 aromatic carbocycles. The van der Waals surface area contributed by atoms with Crippen LogP contribution in [0, 0.1) is 0 Å². The lowest BCUT2D eigenvalue weighted by Crippen LogP contribution is -2.47. The predicted octanol–water partition coefficient (Wildman–Crippen LogP) is 1.98. The molecule has 0 spiro atoms. The van der Waals surface area contributed by atoms with Gasteiger partial charge in [0.15, 0.2) is 4.96 Å². The molecule has 1 amide bonds. The fraction of sp³-hybridized carbons (Fsp3) is 0.588. The minimum absolute atomic E-state index is 0.0597. The smallest absolute Gasteiger partial charge is 0.258 e. The molecule has 0 unspecified atom stereocenters. The summed E-state index contributed by atoms with van der Waals surface area (Å²) in [7, 11) is 0. The van der Waals surface area contributed by atoms with Gasteiger partial charge in [0.1, 0.15) is 0 Å². The number of thioether (sulfide) groups is 1. The van der Waals surface area contributed by atoms with Gasteiger partial charge in [-0.25, -0.2) is 4.98 Å². The van der Waals surface area contributed by atoms with Crippen LogP contribution >= 0.6 is 23.1 Å². The van der Waals surface area contributed by atoms with Gasteiger partial charge in [0.25, 0.3) is 5.56 Å². The Morgan fingerprint density at radius 2 is 2.28 bits per heavy atom. The van der Waals surface area contributed by atoms with Gasteiger partial charge in [0.05, 0.1) is 11.4 Å². The Morgan fingerprint density at radius 3 is 3.04 bits per heavy atom. The van der Waals surface area contributed by atoms with Crippen molar-refractivity contribution in [3.05, 3.63) is 33.7 Å². The van der Waals surface area contributed by atoms with Gasteiger partial charge in [-0.15, -0.1) is 23.1 Å². The van der Waals surface area contributed by atoms with Crippen LogP contribution in [0.2, 0.25) is 0 Å². The van der Waals surface area contributed by atoms with Crippen LogP contribution in [0.5, 0.6) is 0 Å². The summed E-state index contributed by atoms with van der Waals surface area (Å²) in [5.74, 6) is 1.23. The molecule has 1 aliphatic rings. The number of hydrogen-bond acceptors (Lipinski definition) is 6. The predicted molar refractivity (Wildman–Crippen MR) is 103 cm³/mol.